The molecule has 0 spiro atoms. The molecule has 2 aromatic heterocycles. The molecule has 0 atom stereocenters. The quantitative estimate of drug-likeness (QED) is 0.115. The van der Waals surface area contributed by atoms with Crippen molar-refractivity contribution in [3.63, 3.8) is 0 Å². The SMILES string of the molecule is Cc1c(F)cc(C(=O)N(C)c2cnc(Oc3ccc4cc(C(=O)N5CCN(Cc6ccc(OCC(F)F)cc6)CC5)n(C)c4c3)nc2)c(F)c1F.Cl. The van der Waals surface area contributed by atoms with Crippen LogP contribution in [0.1, 0.15) is 32.0 Å². The van der Waals surface area contributed by atoms with E-state index in [1.165, 1.54) is 19.4 Å². The summed E-state index contributed by atoms with van der Waals surface area (Å²) in [6.07, 6.45) is -0.0280. The minimum absolute atomic E-state index is 0. The number of rotatable bonds is 10. The zero-order chi connectivity index (χ0) is 36.4. The summed E-state index contributed by atoms with van der Waals surface area (Å²) in [5, 5.41) is 0.820. The minimum Gasteiger partial charge on any atom is -0.488 e. The molecule has 0 saturated carbocycles. The van der Waals surface area contributed by atoms with Crippen molar-refractivity contribution in [2.45, 2.75) is 19.9 Å². The number of carbonyl (C=O) groups is 2. The van der Waals surface area contributed by atoms with E-state index in [0.717, 1.165) is 28.3 Å². The second kappa shape index (κ2) is 15.9. The van der Waals surface area contributed by atoms with E-state index in [0.29, 0.717) is 56.0 Å². The van der Waals surface area contributed by atoms with Crippen molar-refractivity contribution >= 4 is 40.8 Å². The van der Waals surface area contributed by atoms with Crippen LogP contribution < -0.4 is 14.4 Å². The Kier molecular flexibility index (Phi) is 11.6. The van der Waals surface area contributed by atoms with E-state index >= 15 is 0 Å². The number of hydrogen-bond donors (Lipinski definition) is 0. The zero-order valence-electron chi connectivity index (χ0n) is 28.3. The molecule has 3 heterocycles. The van der Waals surface area contributed by atoms with Gasteiger partial charge in [-0.1, -0.05) is 12.1 Å². The summed E-state index contributed by atoms with van der Waals surface area (Å²) in [7, 11) is 3.08. The van der Waals surface area contributed by atoms with Gasteiger partial charge in [-0.25, -0.2) is 31.9 Å². The number of benzene rings is 3. The summed E-state index contributed by atoms with van der Waals surface area (Å²) in [6, 6.07) is 14.7. The first kappa shape index (κ1) is 38.0. The average Bonchev–Trinajstić information content (AvgIpc) is 3.46. The van der Waals surface area contributed by atoms with Crippen LogP contribution in [-0.4, -0.2) is 82.4 Å². The molecular formula is C36H34ClF5N6O4. The Bertz CT molecular complexity index is 2070. The average molecular weight is 745 g/mol. The van der Waals surface area contributed by atoms with Crippen molar-refractivity contribution in [2.24, 2.45) is 7.05 Å². The summed E-state index contributed by atoms with van der Waals surface area (Å²) in [5.41, 5.74) is 1.09. The van der Waals surface area contributed by atoms with Gasteiger partial charge in [0.05, 0.1) is 29.2 Å². The van der Waals surface area contributed by atoms with Gasteiger partial charge in [0.2, 0.25) is 0 Å². The van der Waals surface area contributed by atoms with E-state index in [1.807, 2.05) is 18.2 Å². The Morgan fingerprint density at radius 2 is 1.56 bits per heavy atom. The van der Waals surface area contributed by atoms with Gasteiger partial charge in [0.25, 0.3) is 18.2 Å². The number of aromatic nitrogens is 3. The van der Waals surface area contributed by atoms with Crippen LogP contribution in [0.3, 0.4) is 0 Å². The van der Waals surface area contributed by atoms with Crippen molar-refractivity contribution in [2.75, 3.05) is 44.7 Å². The maximum atomic E-state index is 14.4. The molecule has 16 heteroatoms. The van der Waals surface area contributed by atoms with Crippen LogP contribution in [0.4, 0.5) is 27.6 Å². The standard InChI is InChI=1S/C36H33F5N6O4.ClH/c1-21-28(37)16-27(33(41)32(21)40)34(48)44(2)24-17-42-36(43-18-24)51-26-9-6-23-14-30(45(3)29(23)15-26)35(49)47-12-10-46(11-13-47)19-22-4-7-25(8-5-22)50-20-31(38)39;/h4-9,14-18,31H,10-13,19-20H2,1-3H3;1H. The smallest absolute Gasteiger partial charge is 0.322 e. The van der Waals surface area contributed by atoms with E-state index in [1.54, 1.807) is 46.8 Å². The topological polar surface area (TPSA) is 93.0 Å². The number of hydrogen-bond acceptors (Lipinski definition) is 7. The van der Waals surface area contributed by atoms with Crippen molar-refractivity contribution in [3.8, 4) is 17.5 Å². The van der Waals surface area contributed by atoms with E-state index < -0.39 is 47.5 Å². The highest BCUT2D eigenvalue weighted by atomic mass is 35.5. The highest BCUT2D eigenvalue weighted by Gasteiger charge is 2.26. The second-order valence-corrected chi connectivity index (χ2v) is 12.1. The number of carbonyl (C=O) groups excluding carboxylic acids is 2. The predicted molar refractivity (Wildman–Crippen MR) is 185 cm³/mol. The van der Waals surface area contributed by atoms with Gasteiger partial charge in [0, 0.05) is 63.8 Å². The number of aryl methyl sites for hydroxylation is 1. The van der Waals surface area contributed by atoms with Gasteiger partial charge in [0.1, 0.15) is 29.6 Å². The molecule has 0 radical (unpaired) electrons. The molecule has 0 bridgehead atoms. The fraction of sp³-hybridized carbons (Fsp3) is 0.278. The molecule has 274 valence electrons. The van der Waals surface area contributed by atoms with Crippen LogP contribution in [0.2, 0.25) is 0 Å². The molecule has 52 heavy (non-hydrogen) atoms. The Morgan fingerprint density at radius 3 is 2.21 bits per heavy atom. The minimum atomic E-state index is -2.53. The van der Waals surface area contributed by atoms with Crippen LogP contribution in [0.5, 0.6) is 17.5 Å². The predicted octanol–water partition coefficient (Wildman–Crippen LogP) is 6.79. The van der Waals surface area contributed by atoms with Crippen LogP contribution in [0.25, 0.3) is 10.9 Å². The molecule has 10 nitrogen and oxygen atoms in total. The number of amides is 2. The maximum absolute atomic E-state index is 14.4. The third kappa shape index (κ3) is 8.10. The summed E-state index contributed by atoms with van der Waals surface area (Å²) < 4.78 is 79.9. The summed E-state index contributed by atoms with van der Waals surface area (Å²) in [5.74, 6) is -4.25. The summed E-state index contributed by atoms with van der Waals surface area (Å²) >= 11 is 0. The van der Waals surface area contributed by atoms with Crippen LogP contribution in [0, 0.1) is 24.4 Å². The first-order chi connectivity index (χ1) is 24.4. The molecule has 2 amide bonds. The highest BCUT2D eigenvalue weighted by molar-refractivity contribution is 6.05. The molecule has 0 unspecified atom stereocenters. The molecule has 5 aromatic rings. The Balaban J connectivity index is 0.00000523. The van der Waals surface area contributed by atoms with Crippen molar-refractivity contribution < 1.29 is 41.0 Å². The lowest BCUT2D eigenvalue weighted by Gasteiger charge is -2.34. The van der Waals surface area contributed by atoms with Crippen molar-refractivity contribution in [3.05, 3.63) is 107 Å². The first-order valence-corrected chi connectivity index (χ1v) is 15.9. The second-order valence-electron chi connectivity index (χ2n) is 12.1. The number of anilines is 1. The molecule has 1 aliphatic heterocycles. The van der Waals surface area contributed by atoms with Crippen LogP contribution >= 0.6 is 12.4 Å². The molecule has 6 rings (SSSR count). The molecule has 1 fully saturated rings. The fourth-order valence-electron chi connectivity index (χ4n) is 5.74. The highest BCUT2D eigenvalue weighted by Crippen LogP contribution is 2.28. The van der Waals surface area contributed by atoms with Crippen molar-refractivity contribution in [1.82, 2.24) is 24.3 Å². The molecule has 1 aliphatic rings. The van der Waals surface area contributed by atoms with Crippen LogP contribution in [0.15, 0.2) is 67.0 Å². The number of nitrogens with zero attached hydrogens (tertiary/aromatic N) is 6. The molecule has 1 saturated heterocycles. The first-order valence-electron chi connectivity index (χ1n) is 15.9. The van der Waals surface area contributed by atoms with Gasteiger partial charge in [-0.3, -0.25) is 14.5 Å². The van der Waals surface area contributed by atoms with Gasteiger partial charge < -0.3 is 23.8 Å². The normalized spacial score (nSPS) is 13.3. The molecular weight excluding hydrogens is 711 g/mol. The van der Waals surface area contributed by atoms with E-state index in [2.05, 4.69) is 14.9 Å². The van der Waals surface area contributed by atoms with Gasteiger partial charge in [-0.15, -0.1) is 12.4 Å². The fourth-order valence-corrected chi connectivity index (χ4v) is 5.74. The number of piperazine rings is 1. The monoisotopic (exact) mass is 744 g/mol. The lowest BCUT2D eigenvalue weighted by Crippen LogP contribution is -2.48. The number of halogens is 6. The summed E-state index contributed by atoms with van der Waals surface area (Å²) in [4.78, 5) is 39.6. The third-order valence-electron chi connectivity index (χ3n) is 8.73. The van der Waals surface area contributed by atoms with Gasteiger partial charge in [-0.2, -0.15) is 0 Å². The van der Waals surface area contributed by atoms with Gasteiger partial charge in [0.15, 0.2) is 11.6 Å². The Hall–Kier alpha value is -5.28. The van der Waals surface area contributed by atoms with Crippen LogP contribution in [-0.2, 0) is 13.6 Å². The maximum Gasteiger partial charge on any atom is 0.322 e. The largest absolute Gasteiger partial charge is 0.488 e. The molecule has 3 aromatic carbocycles. The summed E-state index contributed by atoms with van der Waals surface area (Å²) in [6.45, 7) is 3.49. The lowest BCUT2D eigenvalue weighted by molar-refractivity contribution is 0.0619. The van der Waals surface area contributed by atoms with E-state index in [9.17, 15) is 31.5 Å². The van der Waals surface area contributed by atoms with Gasteiger partial charge in [-0.05, 0) is 48.9 Å². The molecule has 0 N–H and O–H groups in total. The number of fused-ring (bicyclic) bond motifs is 1. The zero-order valence-corrected chi connectivity index (χ0v) is 29.1. The van der Waals surface area contributed by atoms with Crippen molar-refractivity contribution in [1.29, 1.82) is 0 Å². The third-order valence-corrected chi connectivity index (χ3v) is 8.73. The van der Waals surface area contributed by atoms with Gasteiger partial charge >= 0.3 is 6.01 Å². The molecule has 0 aliphatic carbocycles. The number of alkyl halides is 2. The van der Waals surface area contributed by atoms with E-state index in [-0.39, 0.29) is 30.0 Å². The Morgan fingerprint density at radius 1 is 0.904 bits per heavy atom. The Labute approximate surface area is 301 Å². The lowest BCUT2D eigenvalue weighted by atomic mass is 10.1. The van der Waals surface area contributed by atoms with E-state index in [4.69, 9.17) is 9.47 Å². The number of ether oxygens (including phenoxy) is 2.